The van der Waals surface area contributed by atoms with Crippen LogP contribution in [0.15, 0.2) is 48.5 Å². The Balaban J connectivity index is 1.79. The van der Waals surface area contributed by atoms with Crippen molar-refractivity contribution in [2.24, 2.45) is 5.92 Å². The first-order chi connectivity index (χ1) is 11.6. The fourth-order valence-electron chi connectivity index (χ4n) is 4.16. The molecule has 0 N–H and O–H groups in total. The molecule has 0 radical (unpaired) electrons. The maximum atomic E-state index is 13.0. The van der Waals surface area contributed by atoms with Gasteiger partial charge < -0.3 is 0 Å². The fourth-order valence-corrected chi connectivity index (χ4v) is 4.41. The number of halogens is 2. The van der Waals surface area contributed by atoms with E-state index in [0.717, 1.165) is 37.1 Å². The van der Waals surface area contributed by atoms with Gasteiger partial charge in [0.25, 0.3) is 0 Å². The standard InChI is InChI=1S/C20H19Cl2NO/c21-16-5-1-13(2-6-16)18(14-3-7-17(22)8-4-14)19-20(24)15-9-11-23(19)12-10-15/h1-8,15,18-19H,9-12H2/t19-/m0/s1. The zero-order valence-corrected chi connectivity index (χ0v) is 14.8. The summed E-state index contributed by atoms with van der Waals surface area (Å²) in [6.45, 7) is 2.03. The Morgan fingerprint density at radius 1 is 0.833 bits per heavy atom. The Morgan fingerprint density at radius 3 is 1.71 bits per heavy atom. The van der Waals surface area contributed by atoms with E-state index in [1.807, 2.05) is 48.5 Å². The zero-order chi connectivity index (χ0) is 16.7. The number of carbonyl (C=O) groups excluding carboxylic acids is 1. The molecule has 3 aliphatic rings. The van der Waals surface area contributed by atoms with Gasteiger partial charge in [-0.3, -0.25) is 9.69 Å². The van der Waals surface area contributed by atoms with Crippen LogP contribution >= 0.6 is 23.2 Å². The third kappa shape index (κ3) is 2.88. The van der Waals surface area contributed by atoms with Crippen LogP contribution < -0.4 is 0 Å². The number of hydrogen-bond acceptors (Lipinski definition) is 2. The van der Waals surface area contributed by atoms with Crippen molar-refractivity contribution in [1.29, 1.82) is 0 Å². The Morgan fingerprint density at radius 2 is 1.29 bits per heavy atom. The fraction of sp³-hybridized carbons (Fsp3) is 0.350. The van der Waals surface area contributed by atoms with Gasteiger partial charge >= 0.3 is 0 Å². The maximum absolute atomic E-state index is 13.0. The molecule has 3 aliphatic heterocycles. The average molecular weight is 360 g/mol. The highest BCUT2D eigenvalue weighted by Gasteiger charge is 2.45. The van der Waals surface area contributed by atoms with Crippen LogP contribution in [-0.2, 0) is 4.79 Å². The van der Waals surface area contributed by atoms with E-state index in [1.54, 1.807) is 0 Å². The molecule has 3 fully saturated rings. The predicted molar refractivity (Wildman–Crippen MR) is 97.8 cm³/mol. The van der Waals surface area contributed by atoms with Gasteiger partial charge in [-0.25, -0.2) is 0 Å². The highest BCUT2D eigenvalue weighted by molar-refractivity contribution is 6.30. The van der Waals surface area contributed by atoms with E-state index in [9.17, 15) is 4.79 Å². The molecule has 0 aliphatic carbocycles. The number of benzene rings is 2. The van der Waals surface area contributed by atoms with Crippen molar-refractivity contribution < 1.29 is 4.79 Å². The molecule has 0 aromatic heterocycles. The molecule has 2 aromatic rings. The SMILES string of the molecule is O=C1C2CCN(CC2)[C@H]1C(c1ccc(Cl)cc1)c1ccc(Cl)cc1. The summed E-state index contributed by atoms with van der Waals surface area (Å²) in [6, 6.07) is 15.7. The first kappa shape index (κ1) is 16.1. The van der Waals surface area contributed by atoms with Crippen LogP contribution in [-0.4, -0.2) is 29.8 Å². The molecule has 4 heteroatoms. The van der Waals surface area contributed by atoms with Gasteiger partial charge in [-0.1, -0.05) is 47.5 Å². The number of rotatable bonds is 3. The minimum atomic E-state index is -0.0835. The molecule has 3 heterocycles. The number of nitrogens with zero attached hydrogens (tertiary/aromatic N) is 1. The van der Waals surface area contributed by atoms with E-state index in [4.69, 9.17) is 23.2 Å². The van der Waals surface area contributed by atoms with Gasteiger partial charge in [0.2, 0.25) is 0 Å². The van der Waals surface area contributed by atoms with Crippen LogP contribution in [0.4, 0.5) is 0 Å². The molecular weight excluding hydrogens is 341 g/mol. The molecule has 0 spiro atoms. The summed E-state index contributed by atoms with van der Waals surface area (Å²) in [4.78, 5) is 15.4. The highest BCUT2D eigenvalue weighted by atomic mass is 35.5. The van der Waals surface area contributed by atoms with Gasteiger partial charge in [-0.05, 0) is 61.3 Å². The van der Waals surface area contributed by atoms with Crippen molar-refractivity contribution in [3.05, 3.63) is 69.7 Å². The average Bonchev–Trinajstić information content (AvgIpc) is 2.61. The molecule has 2 aromatic carbocycles. The number of fused-ring (bicyclic) bond motifs is 3. The maximum Gasteiger partial charge on any atom is 0.154 e. The second kappa shape index (κ2) is 6.51. The number of Topliss-reactive ketones (excluding diaryl/α,β-unsaturated/α-hetero) is 1. The highest BCUT2D eigenvalue weighted by Crippen LogP contribution is 2.40. The zero-order valence-electron chi connectivity index (χ0n) is 13.3. The largest absolute Gasteiger partial charge is 0.298 e. The van der Waals surface area contributed by atoms with Gasteiger partial charge in [0.1, 0.15) is 0 Å². The normalized spacial score (nSPS) is 26.1. The van der Waals surface area contributed by atoms with Crippen LogP contribution in [0.2, 0.25) is 10.0 Å². The quantitative estimate of drug-likeness (QED) is 0.785. The van der Waals surface area contributed by atoms with Crippen molar-refractivity contribution in [1.82, 2.24) is 4.90 Å². The van der Waals surface area contributed by atoms with E-state index in [1.165, 1.54) is 0 Å². The summed E-state index contributed by atoms with van der Waals surface area (Å²) in [5, 5.41) is 1.43. The van der Waals surface area contributed by atoms with E-state index in [-0.39, 0.29) is 17.9 Å². The van der Waals surface area contributed by atoms with Crippen molar-refractivity contribution in [3.8, 4) is 0 Å². The van der Waals surface area contributed by atoms with Crippen LogP contribution in [0.1, 0.15) is 29.9 Å². The summed E-state index contributed by atoms with van der Waals surface area (Å²) in [5.41, 5.74) is 2.26. The lowest BCUT2D eigenvalue weighted by Gasteiger charge is -2.47. The summed E-state index contributed by atoms with van der Waals surface area (Å²) < 4.78 is 0. The molecule has 0 saturated carbocycles. The van der Waals surface area contributed by atoms with Crippen LogP contribution in [0.5, 0.6) is 0 Å². The lowest BCUT2D eigenvalue weighted by atomic mass is 9.73. The third-order valence-corrected chi connectivity index (χ3v) is 5.89. The topological polar surface area (TPSA) is 20.3 Å². The van der Waals surface area contributed by atoms with E-state index < -0.39 is 0 Å². The molecule has 2 nitrogen and oxygen atoms in total. The van der Waals surface area contributed by atoms with Gasteiger partial charge in [0, 0.05) is 21.9 Å². The molecule has 24 heavy (non-hydrogen) atoms. The molecule has 3 saturated heterocycles. The summed E-state index contributed by atoms with van der Waals surface area (Å²) in [6.07, 6.45) is 2.01. The number of piperidine rings is 3. The van der Waals surface area contributed by atoms with Gasteiger partial charge in [0.15, 0.2) is 5.78 Å². The third-order valence-electron chi connectivity index (χ3n) is 5.39. The summed E-state index contributed by atoms with van der Waals surface area (Å²) >= 11 is 12.1. The first-order valence-corrected chi connectivity index (χ1v) is 9.18. The monoisotopic (exact) mass is 359 g/mol. The Hall–Kier alpha value is -1.35. The Labute approximate surface area is 152 Å². The van der Waals surface area contributed by atoms with Crippen molar-refractivity contribution in [2.75, 3.05) is 13.1 Å². The van der Waals surface area contributed by atoms with Gasteiger partial charge in [-0.2, -0.15) is 0 Å². The summed E-state index contributed by atoms with van der Waals surface area (Å²) in [5.74, 6) is 0.639. The lowest BCUT2D eigenvalue weighted by molar-refractivity contribution is -0.137. The minimum absolute atomic E-state index is 0.0233. The van der Waals surface area contributed by atoms with Crippen molar-refractivity contribution >= 4 is 29.0 Å². The molecule has 124 valence electrons. The van der Waals surface area contributed by atoms with E-state index in [2.05, 4.69) is 4.90 Å². The second-order valence-electron chi connectivity index (χ2n) is 6.74. The Kier molecular flexibility index (Phi) is 4.38. The number of ketones is 1. The number of hydrogen-bond donors (Lipinski definition) is 0. The lowest BCUT2D eigenvalue weighted by Crippen LogP contribution is -2.57. The summed E-state index contributed by atoms with van der Waals surface area (Å²) in [7, 11) is 0. The van der Waals surface area contributed by atoms with Gasteiger partial charge in [0.05, 0.1) is 6.04 Å². The molecular formula is C20H19Cl2NO. The molecule has 1 atom stereocenters. The molecule has 2 bridgehead atoms. The second-order valence-corrected chi connectivity index (χ2v) is 7.61. The number of carbonyl (C=O) groups is 1. The van der Waals surface area contributed by atoms with Crippen LogP contribution in [0, 0.1) is 5.92 Å². The van der Waals surface area contributed by atoms with Gasteiger partial charge in [-0.15, -0.1) is 0 Å². The predicted octanol–water partition coefficient (Wildman–Crippen LogP) is 4.79. The van der Waals surface area contributed by atoms with Crippen molar-refractivity contribution in [3.63, 3.8) is 0 Å². The minimum Gasteiger partial charge on any atom is -0.298 e. The first-order valence-electron chi connectivity index (χ1n) is 8.42. The van der Waals surface area contributed by atoms with E-state index >= 15 is 0 Å². The molecule has 0 unspecified atom stereocenters. The van der Waals surface area contributed by atoms with Crippen molar-refractivity contribution in [2.45, 2.75) is 24.8 Å². The molecule has 5 rings (SSSR count). The molecule has 0 amide bonds. The van der Waals surface area contributed by atoms with Crippen LogP contribution in [0.3, 0.4) is 0 Å². The Bertz CT molecular complexity index is 688. The van der Waals surface area contributed by atoms with Crippen LogP contribution in [0.25, 0.3) is 0 Å². The van der Waals surface area contributed by atoms with E-state index in [0.29, 0.717) is 15.8 Å². The smallest absolute Gasteiger partial charge is 0.154 e.